The van der Waals surface area contributed by atoms with Crippen molar-refractivity contribution in [2.24, 2.45) is 35.0 Å². The van der Waals surface area contributed by atoms with Crippen LogP contribution in [0.5, 0.6) is 0 Å². The average molecular weight is 409 g/mol. The fourth-order valence-electron chi connectivity index (χ4n) is 6.89. The van der Waals surface area contributed by atoms with E-state index < -0.39 is 0 Å². The number of carbonyl (C=O) groups excluding carboxylic acids is 1. The number of carbonyl (C=O) groups is 1. The molecule has 0 aliphatic heterocycles. The first-order valence-electron chi connectivity index (χ1n) is 11.3. The summed E-state index contributed by atoms with van der Waals surface area (Å²) < 4.78 is 0. The molecule has 2 saturated carbocycles. The minimum atomic E-state index is -0.312. The molecule has 0 amide bonds. The summed E-state index contributed by atoms with van der Waals surface area (Å²) in [7, 11) is 0. The molecule has 2 fully saturated rings. The molecular formula is C26H32O2S. The SMILES string of the molecule is C[C@@H]1C=C[C@H]2[C@H]3[C@H](CC[C@]12C)[C@H]1CCC(=O)C(CSc2ccccc2)=C1C[C@@H]3O. The van der Waals surface area contributed by atoms with E-state index in [1.54, 1.807) is 11.8 Å². The first-order valence-corrected chi connectivity index (χ1v) is 12.3. The van der Waals surface area contributed by atoms with Crippen molar-refractivity contribution in [3.63, 3.8) is 0 Å². The number of hydrogen-bond donors (Lipinski definition) is 1. The normalized spacial score (nSPS) is 41.1. The molecular weight excluding hydrogens is 376 g/mol. The molecule has 4 aliphatic carbocycles. The summed E-state index contributed by atoms with van der Waals surface area (Å²) in [6.45, 7) is 4.78. The maximum Gasteiger partial charge on any atom is 0.159 e. The van der Waals surface area contributed by atoms with Gasteiger partial charge in [-0.05, 0) is 72.8 Å². The summed E-state index contributed by atoms with van der Waals surface area (Å²) in [5.41, 5.74) is 2.63. The molecule has 0 aromatic heterocycles. The summed E-state index contributed by atoms with van der Waals surface area (Å²) in [5, 5.41) is 11.3. The largest absolute Gasteiger partial charge is 0.392 e. The first-order chi connectivity index (χ1) is 14.0. The van der Waals surface area contributed by atoms with E-state index in [1.165, 1.54) is 23.3 Å². The van der Waals surface area contributed by atoms with Crippen LogP contribution in [0.3, 0.4) is 0 Å². The molecule has 1 N–H and O–H groups in total. The Kier molecular flexibility index (Phi) is 5.03. The Hall–Kier alpha value is -1.32. The molecule has 5 rings (SSSR count). The molecule has 1 aromatic carbocycles. The van der Waals surface area contributed by atoms with E-state index in [9.17, 15) is 9.90 Å². The molecule has 0 heterocycles. The van der Waals surface area contributed by atoms with Crippen molar-refractivity contribution in [2.75, 3.05) is 5.75 Å². The predicted molar refractivity (Wildman–Crippen MR) is 119 cm³/mol. The number of fused-ring (bicyclic) bond motifs is 5. The Balaban J connectivity index is 1.44. The molecule has 154 valence electrons. The number of benzene rings is 1. The maximum atomic E-state index is 12.8. The van der Waals surface area contributed by atoms with Crippen LogP contribution in [0.1, 0.15) is 46.0 Å². The number of aliphatic hydroxyl groups excluding tert-OH is 1. The molecule has 3 heteroatoms. The van der Waals surface area contributed by atoms with Gasteiger partial charge < -0.3 is 5.11 Å². The van der Waals surface area contributed by atoms with E-state index in [0.717, 1.165) is 17.7 Å². The second-order valence-electron chi connectivity index (χ2n) is 9.93. The number of hydrogen-bond acceptors (Lipinski definition) is 3. The highest BCUT2D eigenvalue weighted by Crippen LogP contribution is 2.61. The van der Waals surface area contributed by atoms with Crippen LogP contribution in [0.4, 0.5) is 0 Å². The van der Waals surface area contributed by atoms with E-state index >= 15 is 0 Å². The second kappa shape index (κ2) is 7.42. The molecule has 1 aromatic rings. The number of thioether (sulfide) groups is 1. The Morgan fingerprint density at radius 1 is 1.17 bits per heavy atom. The first kappa shape index (κ1) is 19.6. The van der Waals surface area contributed by atoms with E-state index in [-0.39, 0.29) is 6.10 Å². The van der Waals surface area contributed by atoms with Gasteiger partial charge in [0.05, 0.1) is 6.10 Å². The molecule has 7 atom stereocenters. The number of rotatable bonds is 3. The van der Waals surface area contributed by atoms with Crippen LogP contribution >= 0.6 is 11.8 Å². The van der Waals surface area contributed by atoms with Gasteiger partial charge in [0.2, 0.25) is 0 Å². The van der Waals surface area contributed by atoms with Gasteiger partial charge >= 0.3 is 0 Å². The van der Waals surface area contributed by atoms with Crippen molar-refractivity contribution < 1.29 is 9.90 Å². The molecule has 4 aliphatic rings. The van der Waals surface area contributed by atoms with Gasteiger partial charge in [-0.15, -0.1) is 11.8 Å². The van der Waals surface area contributed by atoms with Crippen LogP contribution in [0.25, 0.3) is 0 Å². The van der Waals surface area contributed by atoms with E-state index in [0.29, 0.717) is 53.6 Å². The van der Waals surface area contributed by atoms with Crippen LogP contribution in [0.15, 0.2) is 58.5 Å². The Labute approximate surface area is 178 Å². The maximum absolute atomic E-state index is 12.8. The lowest BCUT2D eigenvalue weighted by molar-refractivity contribution is -0.118. The molecule has 29 heavy (non-hydrogen) atoms. The summed E-state index contributed by atoms with van der Waals surface area (Å²) in [6.07, 6.45) is 9.31. The summed E-state index contributed by atoms with van der Waals surface area (Å²) in [6, 6.07) is 10.4. The molecule has 0 saturated heterocycles. The Morgan fingerprint density at radius 2 is 1.97 bits per heavy atom. The van der Waals surface area contributed by atoms with Crippen LogP contribution in [-0.2, 0) is 4.79 Å². The molecule has 0 spiro atoms. The van der Waals surface area contributed by atoms with Crippen molar-refractivity contribution >= 4 is 17.5 Å². The number of ketones is 1. The fourth-order valence-corrected chi connectivity index (χ4v) is 7.90. The number of Topliss-reactive ketones (excluding diaryl/α,β-unsaturated/α-hetero) is 1. The van der Waals surface area contributed by atoms with Gasteiger partial charge in [-0.25, -0.2) is 0 Å². The van der Waals surface area contributed by atoms with Gasteiger partial charge in [0.1, 0.15) is 0 Å². The number of aliphatic hydroxyl groups is 1. The van der Waals surface area contributed by atoms with E-state index in [2.05, 4.69) is 50.3 Å². The zero-order chi connectivity index (χ0) is 20.2. The monoisotopic (exact) mass is 408 g/mol. The van der Waals surface area contributed by atoms with Gasteiger partial charge in [-0.3, -0.25) is 4.79 Å². The molecule has 0 radical (unpaired) electrons. The van der Waals surface area contributed by atoms with Gasteiger partial charge in [0, 0.05) is 22.6 Å². The lowest BCUT2D eigenvalue weighted by atomic mass is 9.50. The Morgan fingerprint density at radius 3 is 2.76 bits per heavy atom. The molecule has 0 unspecified atom stereocenters. The van der Waals surface area contributed by atoms with Gasteiger partial charge in [0.25, 0.3) is 0 Å². The van der Waals surface area contributed by atoms with Crippen LogP contribution < -0.4 is 0 Å². The molecule has 0 bridgehead atoms. The number of allylic oxidation sites excluding steroid dienone is 2. The minimum Gasteiger partial charge on any atom is -0.392 e. The Bertz CT molecular complexity index is 857. The lowest BCUT2D eigenvalue weighted by Crippen LogP contribution is -2.52. The van der Waals surface area contributed by atoms with Crippen molar-refractivity contribution in [1.82, 2.24) is 0 Å². The fraction of sp³-hybridized carbons (Fsp3) is 0.577. The minimum absolute atomic E-state index is 0.305. The van der Waals surface area contributed by atoms with Crippen LogP contribution in [-0.4, -0.2) is 22.7 Å². The van der Waals surface area contributed by atoms with Gasteiger partial charge in [-0.2, -0.15) is 0 Å². The van der Waals surface area contributed by atoms with Crippen molar-refractivity contribution in [1.29, 1.82) is 0 Å². The third kappa shape index (κ3) is 3.16. The zero-order valence-electron chi connectivity index (χ0n) is 17.5. The van der Waals surface area contributed by atoms with Crippen LogP contribution in [0.2, 0.25) is 0 Å². The highest BCUT2D eigenvalue weighted by atomic mass is 32.2. The van der Waals surface area contributed by atoms with Gasteiger partial charge in [-0.1, -0.05) is 49.8 Å². The highest BCUT2D eigenvalue weighted by Gasteiger charge is 2.56. The van der Waals surface area contributed by atoms with Crippen molar-refractivity contribution in [3.8, 4) is 0 Å². The predicted octanol–water partition coefficient (Wildman–Crippen LogP) is 5.67. The quantitative estimate of drug-likeness (QED) is 0.517. The van der Waals surface area contributed by atoms with Crippen molar-refractivity contribution in [3.05, 3.63) is 53.6 Å². The lowest BCUT2D eigenvalue weighted by Gasteiger charge is -2.55. The molecule has 2 nitrogen and oxygen atoms in total. The smallest absolute Gasteiger partial charge is 0.159 e. The second-order valence-corrected chi connectivity index (χ2v) is 11.0. The summed E-state index contributed by atoms with van der Waals surface area (Å²) in [4.78, 5) is 14.1. The third-order valence-electron chi connectivity index (χ3n) is 8.70. The summed E-state index contributed by atoms with van der Waals surface area (Å²) >= 11 is 1.76. The van der Waals surface area contributed by atoms with Crippen LogP contribution in [0, 0.1) is 35.0 Å². The zero-order valence-corrected chi connectivity index (χ0v) is 18.3. The average Bonchev–Trinajstić information content (AvgIpc) is 3.02. The third-order valence-corrected chi connectivity index (χ3v) is 9.74. The highest BCUT2D eigenvalue weighted by molar-refractivity contribution is 7.99. The van der Waals surface area contributed by atoms with Crippen molar-refractivity contribution in [2.45, 2.75) is 57.0 Å². The summed E-state index contributed by atoms with van der Waals surface area (Å²) in [5.74, 6) is 3.56. The topological polar surface area (TPSA) is 37.3 Å². The van der Waals surface area contributed by atoms with E-state index in [1.807, 2.05) is 6.07 Å². The van der Waals surface area contributed by atoms with Gasteiger partial charge in [0.15, 0.2) is 5.78 Å². The van der Waals surface area contributed by atoms with E-state index in [4.69, 9.17) is 0 Å². The standard InChI is InChI=1S/C26H32O2S/c1-16-8-10-22-25-19(12-13-26(16,22)2)18-9-11-23(27)21(20(18)14-24(25)28)15-29-17-6-4-3-5-7-17/h3-8,10,16,18-19,22,24-25,28H,9,11-15H2,1-2H3/t16-,18-,19-,22+,24+,25-,26-/m1/s1.